The van der Waals surface area contributed by atoms with E-state index in [1.807, 2.05) is 0 Å². The maximum absolute atomic E-state index is 14.0. The number of esters is 1. The van der Waals surface area contributed by atoms with Gasteiger partial charge in [0, 0.05) is 12.3 Å². The van der Waals surface area contributed by atoms with Gasteiger partial charge < -0.3 is 24.4 Å². The van der Waals surface area contributed by atoms with Gasteiger partial charge in [0.1, 0.15) is 5.75 Å². The summed E-state index contributed by atoms with van der Waals surface area (Å²) < 4.78 is 66.7. The summed E-state index contributed by atoms with van der Waals surface area (Å²) in [6.07, 6.45) is -2.77. The van der Waals surface area contributed by atoms with E-state index >= 15 is 0 Å². The number of alkyl halides is 3. The van der Waals surface area contributed by atoms with Crippen molar-refractivity contribution >= 4 is 5.97 Å². The van der Waals surface area contributed by atoms with Crippen LogP contribution in [-0.4, -0.2) is 51.1 Å². The zero-order valence-corrected chi connectivity index (χ0v) is 14.4. The van der Waals surface area contributed by atoms with Crippen molar-refractivity contribution in [1.29, 1.82) is 0 Å². The number of aliphatic hydroxyl groups is 2. The number of carbonyl (C=O) groups is 1. The number of hydrogen-bond acceptors (Lipinski definition) is 7. The standard InChI is InChI=1S/C16H16F4N2O6/c1-2-26-14(23)10-6-21-22(7-10)9-28-13-4-3-11(5-12(13)17)27-8-15(24,25)16(18,19)20/h3-7,24-25H,2,8-9H2,1H3. The molecule has 0 bridgehead atoms. The molecule has 1 aromatic carbocycles. The Morgan fingerprint density at radius 1 is 1.25 bits per heavy atom. The first-order valence-corrected chi connectivity index (χ1v) is 7.79. The Morgan fingerprint density at radius 3 is 2.57 bits per heavy atom. The molecule has 0 aliphatic carbocycles. The van der Waals surface area contributed by atoms with E-state index in [-0.39, 0.29) is 30.4 Å². The van der Waals surface area contributed by atoms with Gasteiger partial charge >= 0.3 is 12.1 Å². The number of rotatable bonds is 8. The summed E-state index contributed by atoms with van der Waals surface area (Å²) in [7, 11) is 0. The van der Waals surface area contributed by atoms with Crippen molar-refractivity contribution < 1.29 is 46.8 Å². The molecule has 28 heavy (non-hydrogen) atoms. The lowest BCUT2D eigenvalue weighted by Gasteiger charge is -2.24. The van der Waals surface area contributed by atoms with Gasteiger partial charge in [0.2, 0.25) is 0 Å². The number of carbonyl (C=O) groups excluding carboxylic acids is 1. The zero-order chi connectivity index (χ0) is 20.9. The van der Waals surface area contributed by atoms with E-state index in [1.54, 1.807) is 6.92 Å². The summed E-state index contributed by atoms with van der Waals surface area (Å²) in [5.74, 6) is -6.26. The fraction of sp³-hybridized carbons (Fsp3) is 0.375. The van der Waals surface area contributed by atoms with E-state index in [0.29, 0.717) is 0 Å². The highest BCUT2D eigenvalue weighted by molar-refractivity contribution is 5.88. The number of hydrogen-bond donors (Lipinski definition) is 2. The van der Waals surface area contributed by atoms with Crippen molar-refractivity contribution in [3.63, 3.8) is 0 Å². The minimum atomic E-state index is -5.33. The van der Waals surface area contributed by atoms with Crippen LogP contribution in [0.15, 0.2) is 30.6 Å². The molecule has 0 atom stereocenters. The molecule has 0 spiro atoms. The Morgan fingerprint density at radius 2 is 1.96 bits per heavy atom. The Balaban J connectivity index is 1.95. The quantitative estimate of drug-likeness (QED) is 0.390. The molecule has 0 unspecified atom stereocenters. The van der Waals surface area contributed by atoms with Crippen molar-refractivity contribution in [3.8, 4) is 11.5 Å². The van der Waals surface area contributed by atoms with Crippen LogP contribution in [0.5, 0.6) is 11.5 Å². The molecule has 1 heterocycles. The molecule has 2 N–H and O–H groups in total. The third kappa shape index (κ3) is 5.33. The second-order valence-corrected chi connectivity index (χ2v) is 5.46. The summed E-state index contributed by atoms with van der Waals surface area (Å²) in [6, 6.07) is 2.87. The lowest BCUT2D eigenvalue weighted by atomic mass is 10.3. The predicted molar refractivity (Wildman–Crippen MR) is 83.9 cm³/mol. The van der Waals surface area contributed by atoms with Gasteiger partial charge in [-0.3, -0.25) is 0 Å². The van der Waals surface area contributed by atoms with E-state index in [9.17, 15) is 22.4 Å². The van der Waals surface area contributed by atoms with Crippen LogP contribution >= 0.6 is 0 Å². The monoisotopic (exact) mass is 408 g/mol. The summed E-state index contributed by atoms with van der Waals surface area (Å²) in [5.41, 5.74) is 0.177. The van der Waals surface area contributed by atoms with E-state index in [1.165, 1.54) is 17.1 Å². The van der Waals surface area contributed by atoms with Gasteiger partial charge in [-0.15, -0.1) is 0 Å². The van der Waals surface area contributed by atoms with Crippen molar-refractivity contribution in [2.75, 3.05) is 13.2 Å². The number of halogens is 4. The lowest BCUT2D eigenvalue weighted by molar-refractivity contribution is -0.355. The Labute approximate surface area is 155 Å². The highest BCUT2D eigenvalue weighted by atomic mass is 19.4. The number of ether oxygens (including phenoxy) is 3. The molecule has 0 amide bonds. The van der Waals surface area contributed by atoms with Crippen LogP contribution in [0.2, 0.25) is 0 Å². The van der Waals surface area contributed by atoms with Crippen molar-refractivity contribution in [2.24, 2.45) is 0 Å². The average molecular weight is 408 g/mol. The number of nitrogens with zero attached hydrogens (tertiary/aromatic N) is 2. The Hall–Kier alpha value is -2.86. The molecular formula is C16H16F4N2O6. The highest BCUT2D eigenvalue weighted by Crippen LogP contribution is 2.29. The van der Waals surface area contributed by atoms with Crippen molar-refractivity contribution in [2.45, 2.75) is 25.6 Å². The van der Waals surface area contributed by atoms with Crippen LogP contribution in [0.1, 0.15) is 17.3 Å². The molecular weight excluding hydrogens is 392 g/mol. The summed E-state index contributed by atoms with van der Waals surface area (Å²) in [4.78, 5) is 11.5. The van der Waals surface area contributed by atoms with Crippen LogP contribution in [0.3, 0.4) is 0 Å². The molecule has 0 saturated carbocycles. The molecule has 12 heteroatoms. The number of benzene rings is 1. The molecule has 2 aromatic rings. The third-order valence-corrected chi connectivity index (χ3v) is 3.29. The Bertz CT molecular complexity index is 822. The van der Waals surface area contributed by atoms with Gasteiger partial charge in [-0.25, -0.2) is 13.9 Å². The molecule has 154 valence electrons. The van der Waals surface area contributed by atoms with Gasteiger partial charge in [-0.2, -0.15) is 18.3 Å². The fourth-order valence-corrected chi connectivity index (χ4v) is 1.84. The van der Waals surface area contributed by atoms with E-state index < -0.39 is 30.4 Å². The second kappa shape index (κ2) is 8.44. The van der Waals surface area contributed by atoms with Gasteiger partial charge in [-0.05, 0) is 19.1 Å². The largest absolute Gasteiger partial charge is 0.487 e. The summed E-state index contributed by atoms with van der Waals surface area (Å²) >= 11 is 0. The van der Waals surface area contributed by atoms with Gasteiger partial charge in [0.05, 0.1) is 18.4 Å². The minimum absolute atomic E-state index is 0.177. The summed E-state index contributed by atoms with van der Waals surface area (Å²) in [6.45, 7) is 0.0314. The van der Waals surface area contributed by atoms with Crippen LogP contribution < -0.4 is 9.47 Å². The normalized spacial score (nSPS) is 12.0. The molecule has 0 saturated heterocycles. The van der Waals surface area contributed by atoms with Crippen molar-refractivity contribution in [1.82, 2.24) is 9.78 Å². The smallest absolute Gasteiger partial charge is 0.446 e. The molecule has 8 nitrogen and oxygen atoms in total. The van der Waals surface area contributed by atoms with Crippen molar-refractivity contribution in [3.05, 3.63) is 42.0 Å². The van der Waals surface area contributed by atoms with Crippen LogP contribution in [-0.2, 0) is 11.5 Å². The zero-order valence-electron chi connectivity index (χ0n) is 14.4. The second-order valence-electron chi connectivity index (χ2n) is 5.46. The maximum atomic E-state index is 14.0. The van der Waals surface area contributed by atoms with Crippen LogP contribution in [0.4, 0.5) is 17.6 Å². The number of aromatic nitrogens is 2. The molecule has 0 aliphatic heterocycles. The van der Waals surface area contributed by atoms with Crippen LogP contribution in [0.25, 0.3) is 0 Å². The minimum Gasteiger partial charge on any atom is -0.487 e. The Kier molecular flexibility index (Phi) is 6.46. The van der Waals surface area contributed by atoms with E-state index in [4.69, 9.17) is 19.7 Å². The molecule has 0 fully saturated rings. The molecule has 2 rings (SSSR count). The highest BCUT2D eigenvalue weighted by Gasteiger charge is 2.53. The third-order valence-electron chi connectivity index (χ3n) is 3.29. The first kappa shape index (κ1) is 21.4. The first-order chi connectivity index (χ1) is 13.0. The molecule has 0 radical (unpaired) electrons. The fourth-order valence-electron chi connectivity index (χ4n) is 1.84. The van der Waals surface area contributed by atoms with E-state index in [2.05, 4.69) is 9.84 Å². The maximum Gasteiger partial charge on any atom is 0.446 e. The topological polar surface area (TPSA) is 103 Å². The predicted octanol–water partition coefficient (Wildman–Crippen LogP) is 1.86. The lowest BCUT2D eigenvalue weighted by Crippen LogP contribution is -2.49. The average Bonchev–Trinajstić information content (AvgIpc) is 3.07. The van der Waals surface area contributed by atoms with Gasteiger partial charge in [-0.1, -0.05) is 0 Å². The summed E-state index contributed by atoms with van der Waals surface area (Å²) in [5, 5.41) is 21.6. The van der Waals surface area contributed by atoms with Gasteiger partial charge in [0.25, 0.3) is 5.79 Å². The van der Waals surface area contributed by atoms with Gasteiger partial charge in [0.15, 0.2) is 24.9 Å². The SMILES string of the molecule is CCOC(=O)c1cnn(COc2ccc(OCC(O)(O)C(F)(F)F)cc2F)c1. The molecule has 0 aliphatic rings. The molecule has 1 aromatic heterocycles. The van der Waals surface area contributed by atoms with E-state index in [0.717, 1.165) is 18.2 Å². The first-order valence-electron chi connectivity index (χ1n) is 7.79. The van der Waals surface area contributed by atoms with Crippen LogP contribution in [0, 0.1) is 5.82 Å².